The molecule has 5 aromatic rings. The highest BCUT2D eigenvalue weighted by molar-refractivity contribution is 6.26. The molecule has 0 amide bonds. The number of esters is 1. The lowest BCUT2D eigenvalue weighted by Crippen LogP contribution is -2.02. The van der Waals surface area contributed by atoms with E-state index in [1.165, 1.54) is 77.8 Å². The van der Waals surface area contributed by atoms with E-state index in [1.807, 2.05) is 0 Å². The number of carbonyl (C=O) groups is 2. The zero-order chi connectivity index (χ0) is 32.7. The van der Waals surface area contributed by atoms with Gasteiger partial charge in [-0.3, -0.25) is 0 Å². The van der Waals surface area contributed by atoms with Gasteiger partial charge >= 0.3 is 11.9 Å². The summed E-state index contributed by atoms with van der Waals surface area (Å²) in [5.41, 5.74) is 8.44. The molecule has 0 aromatic heterocycles. The van der Waals surface area contributed by atoms with Crippen molar-refractivity contribution in [3.63, 3.8) is 0 Å². The monoisotopic (exact) mass is 604 g/mol. The van der Waals surface area contributed by atoms with E-state index in [2.05, 4.69) is 84.5 Å². The molecule has 0 bridgehead atoms. The third kappa shape index (κ3) is 8.10. The first-order valence-corrected chi connectivity index (χ1v) is 15.6. The first kappa shape index (κ1) is 33.3. The number of carbonyl (C=O) groups excluding carboxylic acids is 1. The van der Waals surface area contributed by atoms with Gasteiger partial charge in [-0.2, -0.15) is 0 Å². The molecular formula is C40H44O5. The van der Waals surface area contributed by atoms with Gasteiger partial charge in [0, 0.05) is 6.08 Å². The average Bonchev–Trinajstić information content (AvgIpc) is 3.01. The summed E-state index contributed by atoms with van der Waals surface area (Å²) in [6, 6.07) is 20.6. The maximum atomic E-state index is 10.8. The fraction of sp³-hybridized carbons (Fsp3) is 0.300. The normalized spacial score (nSPS) is 10.9. The van der Waals surface area contributed by atoms with Crippen molar-refractivity contribution in [3.05, 3.63) is 112 Å². The van der Waals surface area contributed by atoms with Gasteiger partial charge in [0.05, 0.1) is 18.8 Å². The van der Waals surface area contributed by atoms with Crippen molar-refractivity contribution in [3.8, 4) is 5.75 Å². The summed E-state index contributed by atoms with van der Waals surface area (Å²) in [7, 11) is 0. The molecule has 0 heterocycles. The van der Waals surface area contributed by atoms with Crippen LogP contribution < -0.4 is 4.74 Å². The highest BCUT2D eigenvalue weighted by Crippen LogP contribution is 2.38. The molecule has 234 valence electrons. The molecule has 5 rings (SSSR count). The number of carboxylic acids is 1. The molecule has 0 fully saturated rings. The Hall–Kier alpha value is -4.64. The summed E-state index contributed by atoms with van der Waals surface area (Å²) >= 11 is 0. The number of ether oxygens (including phenoxy) is 2. The molecule has 0 saturated heterocycles. The third-order valence-corrected chi connectivity index (χ3v) is 8.59. The van der Waals surface area contributed by atoms with Crippen molar-refractivity contribution in [2.75, 3.05) is 13.2 Å². The highest BCUT2D eigenvalue weighted by Gasteiger charge is 2.12. The first-order valence-electron chi connectivity index (χ1n) is 15.6. The summed E-state index contributed by atoms with van der Waals surface area (Å²) in [5, 5.41) is 17.1. The molecule has 45 heavy (non-hydrogen) atoms. The SMILES string of the molecule is C=CC(=O)OCCCCCCOc1ccc(C(=O)O)cc1.Cc1cc2c3cc(C)c(C)cc3c3cc(C)c(C)cc3c2cc1C. The van der Waals surface area contributed by atoms with E-state index in [1.54, 1.807) is 12.1 Å². The van der Waals surface area contributed by atoms with Crippen molar-refractivity contribution in [1.29, 1.82) is 0 Å². The van der Waals surface area contributed by atoms with Crippen LogP contribution in [0.3, 0.4) is 0 Å². The lowest BCUT2D eigenvalue weighted by atomic mass is 9.88. The molecule has 0 unspecified atom stereocenters. The average molecular weight is 605 g/mol. The van der Waals surface area contributed by atoms with Crippen molar-refractivity contribution in [2.45, 2.75) is 67.2 Å². The Morgan fingerprint density at radius 1 is 0.600 bits per heavy atom. The van der Waals surface area contributed by atoms with Crippen molar-refractivity contribution >= 4 is 44.3 Å². The van der Waals surface area contributed by atoms with Crippen LogP contribution in [0, 0.1) is 41.5 Å². The second-order valence-electron chi connectivity index (χ2n) is 11.9. The van der Waals surface area contributed by atoms with Gasteiger partial charge in [-0.25, -0.2) is 9.59 Å². The molecule has 5 aromatic carbocycles. The standard InChI is InChI=1S/C24H24.C16H20O5/c1-13-7-19-20(8-14(13)2)22-10-16(4)18(6)12-24(22)23-11-17(5)15(3)9-21(19)23;1-2-15(17)21-12-6-4-3-5-11-20-14-9-7-13(8-10-14)16(18)19/h7-12H,1-6H3;2,7-10H,1,3-6,11-12H2,(H,18,19). The van der Waals surface area contributed by atoms with E-state index < -0.39 is 5.97 Å². The quantitative estimate of drug-likeness (QED) is 0.0743. The fourth-order valence-corrected chi connectivity index (χ4v) is 5.46. The van der Waals surface area contributed by atoms with Crippen molar-refractivity contribution in [2.24, 2.45) is 0 Å². The molecule has 1 N–H and O–H groups in total. The van der Waals surface area contributed by atoms with E-state index in [9.17, 15) is 9.59 Å². The van der Waals surface area contributed by atoms with Crippen LogP contribution in [0.5, 0.6) is 5.75 Å². The summed E-state index contributed by atoms with van der Waals surface area (Å²) in [6.45, 7) is 17.6. The van der Waals surface area contributed by atoms with Gasteiger partial charge in [-0.05, 0) is 157 Å². The van der Waals surface area contributed by atoms with Gasteiger partial charge in [-0.15, -0.1) is 0 Å². The van der Waals surface area contributed by atoms with Crippen LogP contribution in [0.2, 0.25) is 0 Å². The molecule has 0 atom stereocenters. The molecule has 5 heteroatoms. The molecule has 5 nitrogen and oxygen atoms in total. The van der Waals surface area contributed by atoms with E-state index in [-0.39, 0.29) is 11.5 Å². The Bertz CT molecular complexity index is 1600. The van der Waals surface area contributed by atoms with Gasteiger partial charge < -0.3 is 14.6 Å². The predicted octanol–water partition coefficient (Wildman–Crippen LogP) is 10.0. The minimum absolute atomic E-state index is 0.247. The Balaban J connectivity index is 0.000000207. The van der Waals surface area contributed by atoms with Gasteiger partial charge in [-0.1, -0.05) is 43.0 Å². The van der Waals surface area contributed by atoms with Crippen LogP contribution in [0.4, 0.5) is 0 Å². The molecule has 0 aliphatic carbocycles. The molecule has 0 spiro atoms. The maximum Gasteiger partial charge on any atom is 0.335 e. The largest absolute Gasteiger partial charge is 0.494 e. The van der Waals surface area contributed by atoms with Gasteiger partial charge in [0.25, 0.3) is 0 Å². The van der Waals surface area contributed by atoms with Gasteiger partial charge in [0.2, 0.25) is 0 Å². The van der Waals surface area contributed by atoms with E-state index >= 15 is 0 Å². The Labute approximate surface area is 266 Å². The number of hydrogen-bond donors (Lipinski definition) is 1. The number of unbranched alkanes of at least 4 members (excludes halogenated alkanes) is 3. The fourth-order valence-electron chi connectivity index (χ4n) is 5.46. The Morgan fingerprint density at radius 2 is 0.956 bits per heavy atom. The summed E-state index contributed by atoms with van der Waals surface area (Å²) < 4.78 is 10.4. The summed E-state index contributed by atoms with van der Waals surface area (Å²) in [4.78, 5) is 21.5. The Morgan fingerprint density at radius 3 is 1.29 bits per heavy atom. The summed E-state index contributed by atoms with van der Waals surface area (Å²) in [6.07, 6.45) is 4.83. The zero-order valence-electron chi connectivity index (χ0n) is 27.4. The highest BCUT2D eigenvalue weighted by atomic mass is 16.5. The Kier molecular flexibility index (Phi) is 11.0. The van der Waals surface area contributed by atoms with E-state index in [0.717, 1.165) is 31.8 Å². The second-order valence-corrected chi connectivity index (χ2v) is 11.9. The minimum atomic E-state index is -0.946. The molecular weight excluding hydrogens is 560 g/mol. The number of benzene rings is 5. The van der Waals surface area contributed by atoms with Crippen molar-refractivity contribution in [1.82, 2.24) is 0 Å². The van der Waals surface area contributed by atoms with Gasteiger partial charge in [0.1, 0.15) is 5.75 Å². The molecule has 0 radical (unpaired) electrons. The summed E-state index contributed by atoms with van der Waals surface area (Å²) in [5.74, 6) is -0.665. The molecule has 0 aliphatic heterocycles. The van der Waals surface area contributed by atoms with Crippen LogP contribution in [-0.2, 0) is 9.53 Å². The number of aryl methyl sites for hydroxylation is 6. The number of carboxylic acid groups (broad SMARTS) is 1. The predicted molar refractivity (Wildman–Crippen MR) is 186 cm³/mol. The minimum Gasteiger partial charge on any atom is -0.494 e. The third-order valence-electron chi connectivity index (χ3n) is 8.59. The number of aromatic carboxylic acids is 1. The van der Waals surface area contributed by atoms with Crippen LogP contribution in [0.15, 0.2) is 73.3 Å². The molecule has 0 saturated carbocycles. The molecule has 0 aliphatic rings. The van der Waals surface area contributed by atoms with Crippen LogP contribution in [0.1, 0.15) is 69.4 Å². The maximum absolute atomic E-state index is 10.8. The smallest absolute Gasteiger partial charge is 0.335 e. The van der Waals surface area contributed by atoms with Crippen LogP contribution >= 0.6 is 0 Å². The van der Waals surface area contributed by atoms with E-state index in [0.29, 0.717) is 19.0 Å². The zero-order valence-corrected chi connectivity index (χ0v) is 27.4. The lowest BCUT2D eigenvalue weighted by molar-refractivity contribution is -0.137. The van der Waals surface area contributed by atoms with Gasteiger partial charge in [0.15, 0.2) is 0 Å². The number of fused-ring (bicyclic) bond motifs is 6. The van der Waals surface area contributed by atoms with Crippen LogP contribution in [-0.4, -0.2) is 30.3 Å². The van der Waals surface area contributed by atoms with Crippen molar-refractivity contribution < 1.29 is 24.2 Å². The number of hydrogen-bond acceptors (Lipinski definition) is 4. The van der Waals surface area contributed by atoms with E-state index in [4.69, 9.17) is 14.6 Å². The number of rotatable bonds is 10. The first-order chi connectivity index (χ1) is 21.5. The second kappa shape index (κ2) is 14.9. The lowest BCUT2D eigenvalue weighted by Gasteiger charge is -2.16. The topological polar surface area (TPSA) is 72.8 Å². The van der Waals surface area contributed by atoms with Crippen LogP contribution in [0.25, 0.3) is 32.3 Å².